The highest BCUT2D eigenvalue weighted by molar-refractivity contribution is 5.89. The van der Waals surface area contributed by atoms with Gasteiger partial charge in [-0.25, -0.2) is 9.18 Å². The standard InChI is InChI=1S/C12H15FO2/c1-4-9(3)15-12(14)10-6-5-8(2)7-11(10)13/h5-7,9H,4H2,1-3H3. The van der Waals surface area contributed by atoms with Crippen molar-refractivity contribution in [3.05, 3.63) is 35.1 Å². The number of halogens is 1. The van der Waals surface area contributed by atoms with Crippen LogP contribution in [0.25, 0.3) is 0 Å². The monoisotopic (exact) mass is 210 g/mol. The minimum Gasteiger partial charge on any atom is -0.459 e. The fourth-order valence-corrected chi connectivity index (χ4v) is 1.12. The first-order chi connectivity index (χ1) is 7.04. The lowest BCUT2D eigenvalue weighted by Crippen LogP contribution is -2.15. The molecule has 0 saturated carbocycles. The van der Waals surface area contributed by atoms with Crippen LogP contribution in [0.15, 0.2) is 18.2 Å². The number of hydrogen-bond donors (Lipinski definition) is 0. The van der Waals surface area contributed by atoms with Crippen molar-refractivity contribution in [2.24, 2.45) is 0 Å². The molecule has 1 aromatic carbocycles. The fraction of sp³-hybridized carbons (Fsp3) is 0.417. The van der Waals surface area contributed by atoms with Gasteiger partial charge in [-0.1, -0.05) is 13.0 Å². The quantitative estimate of drug-likeness (QED) is 0.716. The molecule has 0 radical (unpaired) electrons. The third kappa shape index (κ3) is 3.05. The van der Waals surface area contributed by atoms with Crippen LogP contribution in [0.5, 0.6) is 0 Å². The van der Waals surface area contributed by atoms with Crippen molar-refractivity contribution in [2.45, 2.75) is 33.3 Å². The molecule has 0 amide bonds. The molecule has 3 heteroatoms. The Hall–Kier alpha value is -1.38. The van der Waals surface area contributed by atoms with E-state index in [1.165, 1.54) is 12.1 Å². The highest BCUT2D eigenvalue weighted by Gasteiger charge is 2.15. The topological polar surface area (TPSA) is 26.3 Å². The molecule has 0 spiro atoms. The van der Waals surface area contributed by atoms with Crippen LogP contribution in [0, 0.1) is 12.7 Å². The lowest BCUT2D eigenvalue weighted by atomic mass is 10.1. The normalized spacial score (nSPS) is 12.3. The van der Waals surface area contributed by atoms with Gasteiger partial charge in [-0.3, -0.25) is 0 Å². The molecule has 0 saturated heterocycles. The summed E-state index contributed by atoms with van der Waals surface area (Å²) in [4.78, 5) is 11.5. The molecule has 0 aromatic heterocycles. The molecule has 1 aromatic rings. The molecule has 1 atom stereocenters. The highest BCUT2D eigenvalue weighted by Crippen LogP contribution is 2.12. The second kappa shape index (κ2) is 4.91. The minimum atomic E-state index is -0.596. The van der Waals surface area contributed by atoms with Gasteiger partial charge in [-0.15, -0.1) is 0 Å². The van der Waals surface area contributed by atoms with Crippen LogP contribution in [-0.2, 0) is 4.74 Å². The Morgan fingerprint density at radius 2 is 2.20 bits per heavy atom. The Kier molecular flexibility index (Phi) is 3.83. The molecule has 82 valence electrons. The van der Waals surface area contributed by atoms with Crippen LogP contribution in [0.1, 0.15) is 36.2 Å². The summed E-state index contributed by atoms with van der Waals surface area (Å²) >= 11 is 0. The third-order valence-electron chi connectivity index (χ3n) is 2.23. The van der Waals surface area contributed by atoms with Gasteiger partial charge < -0.3 is 4.74 Å². The molecule has 1 rings (SSSR count). The van der Waals surface area contributed by atoms with Gasteiger partial charge in [0.2, 0.25) is 0 Å². The molecule has 0 heterocycles. The maximum Gasteiger partial charge on any atom is 0.341 e. The maximum atomic E-state index is 13.4. The first-order valence-corrected chi connectivity index (χ1v) is 5.01. The summed E-state index contributed by atoms with van der Waals surface area (Å²) in [7, 11) is 0. The van der Waals surface area contributed by atoms with E-state index in [0.29, 0.717) is 0 Å². The second-order valence-corrected chi connectivity index (χ2v) is 3.61. The van der Waals surface area contributed by atoms with Crippen LogP contribution < -0.4 is 0 Å². The zero-order chi connectivity index (χ0) is 11.4. The SMILES string of the molecule is CCC(C)OC(=O)c1ccc(C)cc1F. The highest BCUT2D eigenvalue weighted by atomic mass is 19.1. The van der Waals surface area contributed by atoms with Crippen molar-refractivity contribution in [3.63, 3.8) is 0 Å². The number of rotatable bonds is 3. The second-order valence-electron chi connectivity index (χ2n) is 3.61. The first kappa shape index (κ1) is 11.7. The zero-order valence-electron chi connectivity index (χ0n) is 9.21. The van der Waals surface area contributed by atoms with E-state index in [4.69, 9.17) is 4.74 Å². The minimum absolute atomic E-state index is 0.000833. The number of ether oxygens (including phenoxy) is 1. The zero-order valence-corrected chi connectivity index (χ0v) is 9.21. The summed E-state index contributed by atoms with van der Waals surface area (Å²) in [5.41, 5.74) is 0.786. The molecule has 0 aliphatic rings. The summed E-state index contributed by atoms with van der Waals surface area (Å²) in [5.74, 6) is -1.12. The van der Waals surface area contributed by atoms with Crippen LogP contribution >= 0.6 is 0 Å². The summed E-state index contributed by atoms with van der Waals surface area (Å²) in [6, 6.07) is 4.47. The van der Waals surface area contributed by atoms with E-state index in [9.17, 15) is 9.18 Å². The van der Waals surface area contributed by atoms with Gasteiger partial charge in [-0.05, 0) is 38.0 Å². The number of carbonyl (C=O) groups is 1. The summed E-state index contributed by atoms with van der Waals surface area (Å²) in [5, 5.41) is 0. The van der Waals surface area contributed by atoms with Gasteiger partial charge >= 0.3 is 5.97 Å². The molecular weight excluding hydrogens is 195 g/mol. The average molecular weight is 210 g/mol. The maximum absolute atomic E-state index is 13.4. The Bertz CT molecular complexity index is 361. The van der Waals surface area contributed by atoms with Crippen molar-refractivity contribution in [3.8, 4) is 0 Å². The van der Waals surface area contributed by atoms with Gasteiger partial charge in [-0.2, -0.15) is 0 Å². The van der Waals surface area contributed by atoms with E-state index in [1.54, 1.807) is 19.9 Å². The third-order valence-corrected chi connectivity index (χ3v) is 2.23. The van der Waals surface area contributed by atoms with E-state index in [1.807, 2.05) is 6.92 Å². The fourth-order valence-electron chi connectivity index (χ4n) is 1.12. The number of carbonyl (C=O) groups excluding carboxylic acids is 1. The Morgan fingerprint density at radius 3 is 2.73 bits per heavy atom. The van der Waals surface area contributed by atoms with E-state index >= 15 is 0 Å². The predicted molar refractivity (Wildman–Crippen MR) is 56.3 cm³/mol. The molecule has 0 aliphatic carbocycles. The molecule has 0 N–H and O–H groups in total. The van der Waals surface area contributed by atoms with Crippen molar-refractivity contribution in [1.82, 2.24) is 0 Å². The number of aryl methyl sites for hydroxylation is 1. The van der Waals surface area contributed by atoms with Gasteiger partial charge in [0, 0.05) is 0 Å². The molecule has 1 unspecified atom stereocenters. The predicted octanol–water partition coefficient (Wildman–Crippen LogP) is 3.09. The molecular formula is C12H15FO2. The Labute approximate surface area is 89.1 Å². The Balaban J connectivity index is 2.82. The van der Waals surface area contributed by atoms with Crippen LogP contribution in [0.3, 0.4) is 0 Å². The first-order valence-electron chi connectivity index (χ1n) is 5.01. The van der Waals surface area contributed by atoms with E-state index in [0.717, 1.165) is 12.0 Å². The van der Waals surface area contributed by atoms with Gasteiger partial charge in [0.05, 0.1) is 11.7 Å². The van der Waals surface area contributed by atoms with Crippen LogP contribution in [0.2, 0.25) is 0 Å². The van der Waals surface area contributed by atoms with Crippen molar-refractivity contribution in [1.29, 1.82) is 0 Å². The van der Waals surface area contributed by atoms with Gasteiger partial charge in [0.1, 0.15) is 5.82 Å². The van der Waals surface area contributed by atoms with E-state index in [-0.39, 0.29) is 11.7 Å². The van der Waals surface area contributed by atoms with Crippen LogP contribution in [-0.4, -0.2) is 12.1 Å². The Morgan fingerprint density at radius 1 is 1.53 bits per heavy atom. The van der Waals surface area contributed by atoms with Crippen molar-refractivity contribution in [2.75, 3.05) is 0 Å². The number of hydrogen-bond acceptors (Lipinski definition) is 2. The summed E-state index contributed by atoms with van der Waals surface area (Å²) < 4.78 is 18.4. The number of esters is 1. The van der Waals surface area contributed by atoms with Gasteiger partial charge in [0.25, 0.3) is 0 Å². The van der Waals surface area contributed by atoms with E-state index in [2.05, 4.69) is 0 Å². The summed E-state index contributed by atoms with van der Waals surface area (Å²) in [6.45, 7) is 5.46. The molecule has 0 fully saturated rings. The smallest absolute Gasteiger partial charge is 0.341 e. The van der Waals surface area contributed by atoms with Crippen LogP contribution in [0.4, 0.5) is 4.39 Å². The molecule has 0 bridgehead atoms. The largest absolute Gasteiger partial charge is 0.459 e. The molecule has 15 heavy (non-hydrogen) atoms. The van der Waals surface area contributed by atoms with Gasteiger partial charge in [0.15, 0.2) is 0 Å². The molecule has 2 nitrogen and oxygen atoms in total. The van der Waals surface area contributed by atoms with Crippen molar-refractivity contribution < 1.29 is 13.9 Å². The lowest BCUT2D eigenvalue weighted by molar-refractivity contribution is 0.0329. The lowest BCUT2D eigenvalue weighted by Gasteiger charge is -2.11. The average Bonchev–Trinajstić information content (AvgIpc) is 2.17. The summed E-state index contributed by atoms with van der Waals surface area (Å²) in [6.07, 6.45) is 0.539. The number of benzene rings is 1. The molecule has 0 aliphatic heterocycles. The van der Waals surface area contributed by atoms with E-state index < -0.39 is 11.8 Å². The van der Waals surface area contributed by atoms with Crippen molar-refractivity contribution >= 4 is 5.97 Å².